The minimum absolute atomic E-state index is 0.312. The van der Waals surface area contributed by atoms with Gasteiger partial charge in [-0.15, -0.1) is 0 Å². The first-order valence-corrected chi connectivity index (χ1v) is 13.3. The molecule has 15 heteroatoms. The van der Waals surface area contributed by atoms with E-state index in [4.69, 9.17) is 0 Å². The van der Waals surface area contributed by atoms with Gasteiger partial charge in [-0.1, -0.05) is 0 Å². The fraction of sp³-hybridized carbons (Fsp3) is 0.333. The molecule has 0 saturated heterocycles. The van der Waals surface area contributed by atoms with Crippen LogP contribution in [0.25, 0.3) is 0 Å². The summed E-state index contributed by atoms with van der Waals surface area (Å²) in [4.78, 5) is 0. The van der Waals surface area contributed by atoms with Crippen molar-refractivity contribution in [3.8, 4) is 0 Å². The molecule has 2 aromatic rings. The number of rotatable bonds is 0. The van der Waals surface area contributed by atoms with Crippen molar-refractivity contribution in [1.82, 2.24) is 0 Å². The van der Waals surface area contributed by atoms with Crippen molar-refractivity contribution in [2.75, 3.05) is 0 Å². The van der Waals surface area contributed by atoms with E-state index in [1.54, 1.807) is 0 Å². The first-order valence-electron chi connectivity index (χ1n) is 8.64. The van der Waals surface area contributed by atoms with Crippen LogP contribution in [0.1, 0.15) is 11.1 Å². The summed E-state index contributed by atoms with van der Waals surface area (Å²) in [7, 11) is 0. The Kier molecular flexibility index (Phi) is 4.98. The van der Waals surface area contributed by atoms with Crippen LogP contribution in [0, 0.1) is 0 Å². The van der Waals surface area contributed by atoms with E-state index in [0.29, 0.717) is 24.3 Å². The van der Waals surface area contributed by atoms with Crippen molar-refractivity contribution >= 4 is 26.7 Å². The monoisotopic (exact) mass is 605 g/mol. The van der Waals surface area contributed by atoms with Gasteiger partial charge in [-0.25, -0.2) is 0 Å². The van der Waals surface area contributed by atoms with Gasteiger partial charge in [0.15, 0.2) is 0 Å². The van der Waals surface area contributed by atoms with Crippen LogP contribution in [0.2, 0.25) is 0 Å². The van der Waals surface area contributed by atoms with E-state index in [-0.39, 0.29) is 0 Å². The summed E-state index contributed by atoms with van der Waals surface area (Å²) < 4.78 is 174. The third-order valence-corrected chi connectivity index (χ3v) is 14.2. The van der Waals surface area contributed by atoms with E-state index < -0.39 is 73.7 Å². The SMILES string of the molecule is FC(F)(F)C1(C(F)(F)F)[O][Sb]2([O]C(C(F)(F)F)(C(F)(F)F)c3cccc[c]32)[c]2ccccc21. The second kappa shape index (κ2) is 6.72. The Balaban J connectivity index is 2.15. The van der Waals surface area contributed by atoms with Crippen LogP contribution < -0.4 is 7.02 Å². The van der Waals surface area contributed by atoms with Crippen molar-refractivity contribution in [3.63, 3.8) is 0 Å². The van der Waals surface area contributed by atoms with Crippen molar-refractivity contribution in [3.05, 3.63) is 59.7 Å². The Labute approximate surface area is 181 Å². The molecule has 1 radical (unpaired) electrons. The van der Waals surface area contributed by atoms with Crippen molar-refractivity contribution in [2.24, 2.45) is 0 Å². The molecule has 0 atom stereocenters. The van der Waals surface area contributed by atoms with E-state index in [1.807, 2.05) is 0 Å². The van der Waals surface area contributed by atoms with Crippen LogP contribution in [-0.4, -0.2) is 44.3 Å². The quantitative estimate of drug-likeness (QED) is 0.313. The third kappa shape index (κ3) is 2.86. The van der Waals surface area contributed by atoms with Crippen LogP contribution >= 0.6 is 0 Å². The number of benzene rings is 2. The molecular weight excluding hydrogens is 598 g/mol. The van der Waals surface area contributed by atoms with E-state index in [9.17, 15) is 52.7 Å². The molecule has 2 nitrogen and oxygen atoms in total. The average molecular weight is 606 g/mol. The van der Waals surface area contributed by atoms with E-state index in [2.05, 4.69) is 6.03 Å². The number of alkyl halides is 12. The van der Waals surface area contributed by atoms with E-state index in [1.165, 1.54) is 0 Å². The number of halogens is 12. The molecule has 33 heavy (non-hydrogen) atoms. The average Bonchev–Trinajstić information content (AvgIpc) is 3.14. The fourth-order valence-corrected chi connectivity index (χ4v) is 14.7. The summed E-state index contributed by atoms with van der Waals surface area (Å²) in [5, 5.41) is 0. The number of hydrogen-bond donors (Lipinski definition) is 0. The molecule has 0 bridgehead atoms. The summed E-state index contributed by atoms with van der Waals surface area (Å²) >= 11 is -6.81. The molecule has 4 rings (SSSR count). The Morgan fingerprint density at radius 1 is 0.485 bits per heavy atom. The van der Waals surface area contributed by atoms with Crippen LogP contribution in [0.15, 0.2) is 48.5 Å². The Bertz CT molecular complexity index is 984. The van der Waals surface area contributed by atoms with Gasteiger partial charge in [0.1, 0.15) is 0 Å². The van der Waals surface area contributed by atoms with Crippen LogP contribution in [-0.2, 0) is 17.2 Å². The summed E-state index contributed by atoms with van der Waals surface area (Å²) in [6.07, 6.45) is -25.2. The predicted octanol–water partition coefficient (Wildman–Crippen LogP) is 4.94. The van der Waals surface area contributed by atoms with Crippen molar-refractivity contribution < 1.29 is 58.7 Å². The summed E-state index contributed by atoms with van der Waals surface area (Å²) in [5.41, 5.74) is -13.7. The van der Waals surface area contributed by atoms with Gasteiger partial charge in [0.05, 0.1) is 0 Å². The Morgan fingerprint density at radius 3 is 1.03 bits per heavy atom. The van der Waals surface area contributed by atoms with Gasteiger partial charge in [-0.3, -0.25) is 0 Å². The van der Waals surface area contributed by atoms with Gasteiger partial charge in [0.25, 0.3) is 0 Å². The van der Waals surface area contributed by atoms with Crippen molar-refractivity contribution in [2.45, 2.75) is 35.9 Å². The third-order valence-electron chi connectivity index (χ3n) is 5.33. The zero-order valence-corrected chi connectivity index (χ0v) is 18.0. The molecule has 0 aromatic heterocycles. The van der Waals surface area contributed by atoms with Gasteiger partial charge in [0.2, 0.25) is 0 Å². The molecule has 0 N–H and O–H groups in total. The Hall–Kier alpha value is -1.66. The first kappa shape index (κ1) is 24.5. The second-order valence-corrected chi connectivity index (χ2v) is 14.1. The van der Waals surface area contributed by atoms with Gasteiger partial charge in [-0.05, 0) is 0 Å². The summed E-state index contributed by atoms with van der Waals surface area (Å²) in [6, 6.07) is 5.03. The summed E-state index contributed by atoms with van der Waals surface area (Å²) in [6.45, 7) is 0. The van der Waals surface area contributed by atoms with Gasteiger partial charge >= 0.3 is 181 Å². The molecule has 1 spiro atoms. The molecule has 0 saturated carbocycles. The number of fused-ring (bicyclic) bond motifs is 4. The minimum atomic E-state index is -6.81. The summed E-state index contributed by atoms with van der Waals surface area (Å²) in [5.74, 6) is 0. The molecule has 0 amide bonds. The molecule has 0 aliphatic carbocycles. The van der Waals surface area contributed by atoms with Gasteiger partial charge < -0.3 is 0 Å². The molecule has 2 aromatic carbocycles. The standard InChI is InChI=1S/2C9H4F6O.Sb/c2*10-8(11,12)7(16,9(13,14)15)6-4-2-1-3-5-6;/h2*1-4H;/q2*-1;+2. The van der Waals surface area contributed by atoms with Gasteiger partial charge in [0, 0.05) is 0 Å². The zero-order chi connectivity index (χ0) is 24.9. The van der Waals surface area contributed by atoms with Gasteiger partial charge in [-0.2, -0.15) is 0 Å². The first-order chi connectivity index (χ1) is 14.9. The zero-order valence-electron chi connectivity index (χ0n) is 15.4. The van der Waals surface area contributed by atoms with E-state index in [0.717, 1.165) is 24.3 Å². The fourth-order valence-electron chi connectivity index (χ4n) is 4.02. The van der Waals surface area contributed by atoms with Crippen LogP contribution in [0.4, 0.5) is 52.7 Å². The molecule has 181 valence electrons. The maximum atomic E-state index is 14.0. The molecule has 2 aliphatic heterocycles. The molecule has 0 unspecified atom stereocenters. The van der Waals surface area contributed by atoms with Crippen molar-refractivity contribution in [1.29, 1.82) is 0 Å². The van der Waals surface area contributed by atoms with Crippen LogP contribution in [0.5, 0.6) is 0 Å². The topological polar surface area (TPSA) is 18.5 Å². The second-order valence-electron chi connectivity index (χ2n) is 7.12. The molecule has 2 heterocycles. The molecule has 0 fully saturated rings. The van der Waals surface area contributed by atoms with E-state index >= 15 is 0 Å². The van der Waals surface area contributed by atoms with Crippen LogP contribution in [0.3, 0.4) is 0 Å². The normalized spacial score (nSPS) is 21.2. The molecular formula is C18H8F12O2Sb. The predicted molar refractivity (Wildman–Crippen MR) is 87.7 cm³/mol. The Morgan fingerprint density at radius 2 is 0.758 bits per heavy atom. The number of hydrogen-bond acceptors (Lipinski definition) is 2. The maximum absolute atomic E-state index is 14.0. The molecule has 2 aliphatic rings.